The number of carbonyl (C=O) groups is 4. The number of aliphatic hydroxyl groups excluding tert-OH is 1. The molecule has 8 nitrogen and oxygen atoms in total. The smallest absolute Gasteiger partial charge is 0.320 e. The number of carbonyl (C=O) groups excluding carboxylic acids is 4. The first-order valence-electron chi connectivity index (χ1n) is 11.3. The molecule has 8 heteroatoms. The van der Waals surface area contributed by atoms with Crippen LogP contribution < -0.4 is 0 Å². The Hall–Kier alpha value is -2.22. The molecule has 3 saturated carbocycles. The molecule has 2 bridgehead atoms. The van der Waals surface area contributed by atoms with Gasteiger partial charge in [-0.3, -0.25) is 19.2 Å². The molecule has 32 heavy (non-hydrogen) atoms. The van der Waals surface area contributed by atoms with Gasteiger partial charge in [0.2, 0.25) is 0 Å². The molecule has 1 heterocycles. The van der Waals surface area contributed by atoms with Crippen molar-refractivity contribution in [3.05, 3.63) is 12.2 Å². The molecule has 1 N–H and O–H groups in total. The Labute approximate surface area is 187 Å². The second-order valence-corrected chi connectivity index (χ2v) is 10.7. The van der Waals surface area contributed by atoms with Crippen molar-refractivity contribution in [2.45, 2.75) is 65.6 Å². The molecule has 4 aliphatic rings. The number of aliphatic hydroxyl groups is 1. The molecule has 2 spiro atoms. The van der Waals surface area contributed by atoms with Gasteiger partial charge in [0.1, 0.15) is 18.1 Å². The summed E-state index contributed by atoms with van der Waals surface area (Å²) in [4.78, 5) is 50.5. The van der Waals surface area contributed by atoms with Crippen molar-refractivity contribution in [3.63, 3.8) is 0 Å². The van der Waals surface area contributed by atoms with Gasteiger partial charge in [0.15, 0.2) is 5.78 Å². The SMILES string of the molecule is C=C1C(=O)[C@]23C[C@@H]1C[C@H](O)[C@H]2[C@]1(COC3=O)[C@@H](OC(C)=O)CCC(C)(C)[C@H]1COC(C)=O. The molecule has 0 aromatic heterocycles. The molecule has 0 radical (unpaired) electrons. The average Bonchev–Trinajstić information content (AvgIpc) is 2.88. The van der Waals surface area contributed by atoms with Crippen molar-refractivity contribution in [3.8, 4) is 0 Å². The highest BCUT2D eigenvalue weighted by Gasteiger charge is 2.76. The Bertz CT molecular complexity index is 890. The molecule has 176 valence electrons. The Morgan fingerprint density at radius 2 is 1.91 bits per heavy atom. The summed E-state index contributed by atoms with van der Waals surface area (Å²) in [5.41, 5.74) is -2.69. The second kappa shape index (κ2) is 7.40. The van der Waals surface area contributed by atoms with E-state index in [1.54, 1.807) is 0 Å². The molecule has 1 saturated heterocycles. The van der Waals surface area contributed by atoms with Crippen LogP contribution in [0.5, 0.6) is 0 Å². The van der Waals surface area contributed by atoms with Crippen molar-refractivity contribution < 1.29 is 38.5 Å². The summed E-state index contributed by atoms with van der Waals surface area (Å²) in [5.74, 6) is -3.50. The van der Waals surface area contributed by atoms with E-state index in [-0.39, 0.29) is 31.3 Å². The molecule has 0 aromatic rings. The van der Waals surface area contributed by atoms with E-state index in [4.69, 9.17) is 14.2 Å². The number of ketones is 1. The van der Waals surface area contributed by atoms with Crippen molar-refractivity contribution in [1.82, 2.24) is 0 Å². The maximum Gasteiger partial charge on any atom is 0.320 e. The Morgan fingerprint density at radius 3 is 2.53 bits per heavy atom. The Kier molecular flexibility index (Phi) is 5.31. The average molecular weight is 449 g/mol. The number of ether oxygens (including phenoxy) is 3. The molecule has 1 aliphatic heterocycles. The first-order chi connectivity index (χ1) is 14.9. The highest BCUT2D eigenvalue weighted by atomic mass is 16.6. The molecule has 4 fully saturated rings. The van der Waals surface area contributed by atoms with E-state index in [0.29, 0.717) is 24.8 Å². The van der Waals surface area contributed by atoms with Gasteiger partial charge >= 0.3 is 17.9 Å². The van der Waals surface area contributed by atoms with Crippen LogP contribution in [0.4, 0.5) is 0 Å². The largest absolute Gasteiger partial charge is 0.466 e. The summed E-state index contributed by atoms with van der Waals surface area (Å²) < 4.78 is 17.0. The molecular weight excluding hydrogens is 416 g/mol. The quantitative estimate of drug-likeness (QED) is 0.302. The van der Waals surface area contributed by atoms with Gasteiger partial charge < -0.3 is 19.3 Å². The van der Waals surface area contributed by atoms with E-state index in [1.807, 2.05) is 13.8 Å². The zero-order valence-electron chi connectivity index (χ0n) is 19.1. The lowest BCUT2D eigenvalue weighted by Gasteiger charge is -2.63. The Balaban J connectivity index is 1.93. The lowest BCUT2D eigenvalue weighted by Crippen LogP contribution is -2.71. The van der Waals surface area contributed by atoms with Gasteiger partial charge in [-0.15, -0.1) is 0 Å². The fourth-order valence-corrected chi connectivity index (χ4v) is 7.31. The first kappa shape index (κ1) is 23.0. The normalized spacial score (nSPS) is 42.3. The topological polar surface area (TPSA) is 116 Å². The lowest BCUT2D eigenvalue weighted by atomic mass is 9.43. The van der Waals surface area contributed by atoms with Crippen molar-refractivity contribution in [2.24, 2.45) is 34.0 Å². The van der Waals surface area contributed by atoms with Crippen LogP contribution in [0.25, 0.3) is 0 Å². The highest BCUT2D eigenvalue weighted by molar-refractivity contribution is 6.15. The molecule has 0 unspecified atom stereocenters. The van der Waals surface area contributed by atoms with E-state index >= 15 is 0 Å². The minimum absolute atomic E-state index is 0.00944. The maximum absolute atomic E-state index is 13.5. The number of fused-ring (bicyclic) bond motifs is 2. The van der Waals surface area contributed by atoms with Crippen LogP contribution >= 0.6 is 0 Å². The number of esters is 3. The van der Waals surface area contributed by atoms with Gasteiger partial charge in [0.05, 0.1) is 18.1 Å². The predicted molar refractivity (Wildman–Crippen MR) is 111 cm³/mol. The zero-order valence-corrected chi connectivity index (χ0v) is 19.1. The standard InChI is InChI=1S/C24H32O8/c1-12-15-8-16(27)19-23(9-15,20(12)28)21(29)31-11-24(19)17(10-30-13(2)25)22(4,5)7-6-18(24)32-14(3)26/h15-19,27H,1,6-11H2,2-5H3/t15-,16-,17+,18-,19+,23-,24-/m0/s1. The number of cyclic esters (lactones) is 1. The molecule has 4 rings (SSSR count). The minimum Gasteiger partial charge on any atom is -0.466 e. The van der Waals surface area contributed by atoms with Crippen LogP contribution in [-0.4, -0.2) is 54.2 Å². The lowest BCUT2D eigenvalue weighted by molar-refractivity contribution is -0.264. The van der Waals surface area contributed by atoms with Gasteiger partial charge in [-0.25, -0.2) is 0 Å². The fraction of sp³-hybridized carbons (Fsp3) is 0.750. The second-order valence-electron chi connectivity index (χ2n) is 10.7. The van der Waals surface area contributed by atoms with Gasteiger partial charge in [-0.2, -0.15) is 0 Å². The molecular formula is C24H32O8. The molecule has 0 amide bonds. The summed E-state index contributed by atoms with van der Waals surface area (Å²) in [6.45, 7) is 10.5. The van der Waals surface area contributed by atoms with Gasteiger partial charge in [0, 0.05) is 25.7 Å². The van der Waals surface area contributed by atoms with E-state index in [1.165, 1.54) is 13.8 Å². The summed E-state index contributed by atoms with van der Waals surface area (Å²) in [6, 6.07) is 0. The summed E-state index contributed by atoms with van der Waals surface area (Å²) in [5, 5.41) is 11.4. The van der Waals surface area contributed by atoms with Crippen molar-refractivity contribution >= 4 is 23.7 Å². The number of hydrogen-bond acceptors (Lipinski definition) is 8. The monoisotopic (exact) mass is 448 g/mol. The van der Waals surface area contributed by atoms with Crippen LogP contribution in [0, 0.1) is 34.0 Å². The van der Waals surface area contributed by atoms with Gasteiger partial charge in [0.25, 0.3) is 0 Å². The fourth-order valence-electron chi connectivity index (χ4n) is 7.31. The number of rotatable bonds is 3. The van der Waals surface area contributed by atoms with Gasteiger partial charge in [-0.1, -0.05) is 20.4 Å². The predicted octanol–water partition coefficient (Wildman–Crippen LogP) is 1.97. The molecule has 0 aromatic carbocycles. The van der Waals surface area contributed by atoms with E-state index < -0.39 is 58.2 Å². The van der Waals surface area contributed by atoms with Crippen molar-refractivity contribution in [2.75, 3.05) is 13.2 Å². The van der Waals surface area contributed by atoms with Crippen LogP contribution in [0.15, 0.2) is 12.2 Å². The zero-order chi connectivity index (χ0) is 23.6. The van der Waals surface area contributed by atoms with E-state index in [0.717, 1.165) is 0 Å². The Morgan fingerprint density at radius 1 is 1.22 bits per heavy atom. The summed E-state index contributed by atoms with van der Waals surface area (Å²) in [7, 11) is 0. The third kappa shape index (κ3) is 2.98. The first-order valence-corrected chi connectivity index (χ1v) is 11.3. The number of Topliss-reactive ketones (excluding diaryl/α,β-unsaturated/α-hetero) is 1. The number of allylic oxidation sites excluding steroid dienone is 1. The van der Waals surface area contributed by atoms with Gasteiger partial charge in [-0.05, 0) is 42.6 Å². The third-order valence-corrected chi connectivity index (χ3v) is 8.60. The van der Waals surface area contributed by atoms with E-state index in [2.05, 4.69) is 6.58 Å². The molecule has 7 atom stereocenters. The molecule has 3 aliphatic carbocycles. The van der Waals surface area contributed by atoms with Crippen molar-refractivity contribution in [1.29, 1.82) is 0 Å². The minimum atomic E-state index is -1.56. The number of hydrogen-bond donors (Lipinski definition) is 1. The van der Waals surface area contributed by atoms with Crippen LogP contribution in [0.3, 0.4) is 0 Å². The van der Waals surface area contributed by atoms with Crippen LogP contribution in [0.2, 0.25) is 0 Å². The maximum atomic E-state index is 13.5. The third-order valence-electron chi connectivity index (χ3n) is 8.60. The summed E-state index contributed by atoms with van der Waals surface area (Å²) in [6.07, 6.45) is 0.0116. The summed E-state index contributed by atoms with van der Waals surface area (Å²) >= 11 is 0. The van der Waals surface area contributed by atoms with E-state index in [9.17, 15) is 24.3 Å². The van der Waals surface area contributed by atoms with Crippen LogP contribution in [-0.2, 0) is 33.4 Å². The van der Waals surface area contributed by atoms with Crippen LogP contribution in [0.1, 0.15) is 53.4 Å². The highest BCUT2D eigenvalue weighted by Crippen LogP contribution is 2.68.